The molecule has 0 saturated heterocycles. The van der Waals surface area contributed by atoms with Crippen molar-refractivity contribution in [2.24, 2.45) is 0 Å². The molecule has 1 aromatic heterocycles. The van der Waals surface area contributed by atoms with E-state index in [1.807, 2.05) is 25.1 Å². The number of nitrogens with zero attached hydrogens (tertiary/aromatic N) is 1. The van der Waals surface area contributed by atoms with Gasteiger partial charge in [0, 0.05) is 18.8 Å². The molecule has 0 unspecified atom stereocenters. The number of fused-ring (bicyclic) bond motifs is 1. The summed E-state index contributed by atoms with van der Waals surface area (Å²) in [7, 11) is 0. The van der Waals surface area contributed by atoms with Gasteiger partial charge in [-0.05, 0) is 39.0 Å². The summed E-state index contributed by atoms with van der Waals surface area (Å²) in [5.74, 6) is 0. The van der Waals surface area contributed by atoms with Crippen molar-refractivity contribution in [1.82, 2.24) is 4.98 Å². The van der Waals surface area contributed by atoms with Crippen molar-refractivity contribution in [2.75, 3.05) is 24.2 Å². The number of benzene rings is 1. The van der Waals surface area contributed by atoms with Crippen molar-refractivity contribution in [1.29, 1.82) is 0 Å². The predicted octanol–water partition coefficient (Wildman–Crippen LogP) is 3.11. The minimum atomic E-state index is -0.189. The maximum atomic E-state index is 5.75. The van der Waals surface area contributed by atoms with Crippen LogP contribution in [0.4, 0.5) is 10.8 Å². The van der Waals surface area contributed by atoms with Gasteiger partial charge >= 0.3 is 0 Å². The summed E-state index contributed by atoms with van der Waals surface area (Å²) >= 11 is 1.61. The first-order valence-electron chi connectivity index (χ1n) is 6.04. The first kappa shape index (κ1) is 13.1. The van der Waals surface area contributed by atoms with Crippen LogP contribution in [-0.2, 0) is 4.74 Å². The quantitative estimate of drug-likeness (QED) is 0.816. The highest BCUT2D eigenvalue weighted by atomic mass is 32.1. The highest BCUT2D eigenvalue weighted by molar-refractivity contribution is 7.22. The van der Waals surface area contributed by atoms with Crippen molar-refractivity contribution in [2.45, 2.75) is 26.4 Å². The summed E-state index contributed by atoms with van der Waals surface area (Å²) in [6.07, 6.45) is 0. The van der Waals surface area contributed by atoms with Gasteiger partial charge in [0.25, 0.3) is 0 Å². The Bertz CT molecular complexity index is 536. The second-order valence-corrected chi connectivity index (χ2v) is 5.82. The Labute approximate surface area is 111 Å². The molecule has 1 aromatic carbocycles. The molecule has 0 fully saturated rings. The molecule has 4 nitrogen and oxygen atoms in total. The number of aromatic nitrogens is 1. The Balaban J connectivity index is 2.08. The fourth-order valence-corrected chi connectivity index (χ4v) is 2.66. The number of hydrogen-bond acceptors (Lipinski definition) is 5. The highest BCUT2D eigenvalue weighted by Gasteiger charge is 2.17. The van der Waals surface area contributed by atoms with Gasteiger partial charge in [-0.15, -0.1) is 0 Å². The molecule has 5 heteroatoms. The standard InChI is InChI=1S/C13H19N3OS/c1-4-17-13(2,3)8-15-12-16-10-6-5-9(14)7-11(10)18-12/h5-7H,4,8,14H2,1-3H3,(H,15,16). The molecule has 0 spiro atoms. The average molecular weight is 265 g/mol. The number of anilines is 2. The van der Waals surface area contributed by atoms with Crippen LogP contribution in [0.2, 0.25) is 0 Å². The summed E-state index contributed by atoms with van der Waals surface area (Å²) < 4.78 is 6.74. The van der Waals surface area contributed by atoms with E-state index in [-0.39, 0.29) is 5.60 Å². The number of rotatable bonds is 5. The van der Waals surface area contributed by atoms with Crippen LogP contribution in [0, 0.1) is 0 Å². The van der Waals surface area contributed by atoms with Gasteiger partial charge in [0.05, 0.1) is 15.8 Å². The van der Waals surface area contributed by atoms with Crippen LogP contribution in [0.5, 0.6) is 0 Å². The Morgan fingerprint density at radius 3 is 2.94 bits per heavy atom. The molecule has 1 heterocycles. The van der Waals surface area contributed by atoms with Crippen LogP contribution in [0.25, 0.3) is 10.2 Å². The molecule has 2 rings (SSSR count). The van der Waals surface area contributed by atoms with E-state index in [4.69, 9.17) is 10.5 Å². The van der Waals surface area contributed by atoms with Gasteiger partial charge in [-0.1, -0.05) is 11.3 Å². The smallest absolute Gasteiger partial charge is 0.183 e. The van der Waals surface area contributed by atoms with Crippen LogP contribution in [-0.4, -0.2) is 23.7 Å². The van der Waals surface area contributed by atoms with Crippen LogP contribution in [0.1, 0.15) is 20.8 Å². The Morgan fingerprint density at radius 2 is 2.22 bits per heavy atom. The van der Waals surface area contributed by atoms with E-state index in [9.17, 15) is 0 Å². The fourth-order valence-electron chi connectivity index (χ4n) is 1.75. The molecular formula is C13H19N3OS. The zero-order chi connectivity index (χ0) is 13.2. The summed E-state index contributed by atoms with van der Waals surface area (Å²) in [4.78, 5) is 4.51. The molecule has 0 bridgehead atoms. The second kappa shape index (κ2) is 5.12. The number of nitrogen functional groups attached to an aromatic ring is 1. The van der Waals surface area contributed by atoms with E-state index in [1.54, 1.807) is 11.3 Å². The van der Waals surface area contributed by atoms with Gasteiger partial charge in [-0.3, -0.25) is 0 Å². The van der Waals surface area contributed by atoms with Crippen LogP contribution < -0.4 is 11.1 Å². The maximum Gasteiger partial charge on any atom is 0.183 e. The van der Waals surface area contributed by atoms with Crippen molar-refractivity contribution in [3.63, 3.8) is 0 Å². The lowest BCUT2D eigenvalue weighted by Crippen LogP contribution is -2.33. The maximum absolute atomic E-state index is 5.75. The third-order valence-electron chi connectivity index (χ3n) is 2.61. The van der Waals surface area contributed by atoms with E-state index in [1.165, 1.54) is 0 Å². The molecule has 0 atom stereocenters. The Kier molecular flexibility index (Phi) is 3.73. The van der Waals surface area contributed by atoms with Gasteiger partial charge in [-0.2, -0.15) is 0 Å². The fraction of sp³-hybridized carbons (Fsp3) is 0.462. The topological polar surface area (TPSA) is 60.2 Å². The van der Waals surface area contributed by atoms with Crippen molar-refractivity contribution < 1.29 is 4.74 Å². The third kappa shape index (κ3) is 3.11. The van der Waals surface area contributed by atoms with Crippen LogP contribution in [0.15, 0.2) is 18.2 Å². The molecule has 0 radical (unpaired) electrons. The summed E-state index contributed by atoms with van der Waals surface area (Å²) in [6.45, 7) is 7.58. The molecule has 0 aliphatic heterocycles. The number of hydrogen-bond donors (Lipinski definition) is 2. The first-order chi connectivity index (χ1) is 8.50. The normalized spacial score (nSPS) is 11.9. The van der Waals surface area contributed by atoms with E-state index in [0.717, 1.165) is 27.6 Å². The van der Waals surface area contributed by atoms with Gasteiger partial charge < -0.3 is 15.8 Å². The second-order valence-electron chi connectivity index (χ2n) is 4.79. The lowest BCUT2D eigenvalue weighted by Gasteiger charge is -2.24. The van der Waals surface area contributed by atoms with E-state index < -0.39 is 0 Å². The van der Waals surface area contributed by atoms with E-state index >= 15 is 0 Å². The minimum absolute atomic E-state index is 0.189. The lowest BCUT2D eigenvalue weighted by atomic mass is 10.1. The Morgan fingerprint density at radius 1 is 1.44 bits per heavy atom. The van der Waals surface area contributed by atoms with E-state index in [0.29, 0.717) is 6.61 Å². The zero-order valence-electron chi connectivity index (χ0n) is 11.0. The van der Waals surface area contributed by atoms with Gasteiger partial charge in [0.2, 0.25) is 0 Å². The lowest BCUT2D eigenvalue weighted by molar-refractivity contribution is 0.000698. The van der Waals surface area contributed by atoms with Crippen LogP contribution in [0.3, 0.4) is 0 Å². The van der Waals surface area contributed by atoms with E-state index in [2.05, 4.69) is 24.1 Å². The molecule has 3 N–H and O–H groups in total. The summed E-state index contributed by atoms with van der Waals surface area (Å²) in [5.41, 5.74) is 7.31. The SMILES string of the molecule is CCOC(C)(C)CNc1nc2ccc(N)cc2s1. The van der Waals surface area contributed by atoms with Crippen molar-refractivity contribution in [3.8, 4) is 0 Å². The predicted molar refractivity (Wildman–Crippen MR) is 78.2 cm³/mol. The molecule has 0 amide bonds. The number of thiazole rings is 1. The zero-order valence-corrected chi connectivity index (χ0v) is 11.8. The molecular weight excluding hydrogens is 246 g/mol. The van der Waals surface area contributed by atoms with Gasteiger partial charge in [-0.25, -0.2) is 4.98 Å². The number of nitrogens with two attached hydrogens (primary N) is 1. The molecule has 2 aromatic rings. The highest BCUT2D eigenvalue weighted by Crippen LogP contribution is 2.27. The third-order valence-corrected chi connectivity index (χ3v) is 3.59. The van der Waals surface area contributed by atoms with Crippen molar-refractivity contribution >= 4 is 32.4 Å². The molecule has 0 aliphatic carbocycles. The number of nitrogens with one attached hydrogen (secondary N) is 1. The largest absolute Gasteiger partial charge is 0.399 e. The van der Waals surface area contributed by atoms with Crippen LogP contribution >= 0.6 is 11.3 Å². The molecule has 0 aliphatic rings. The molecule has 98 valence electrons. The first-order valence-corrected chi connectivity index (χ1v) is 6.86. The Hall–Kier alpha value is -1.33. The monoisotopic (exact) mass is 265 g/mol. The summed E-state index contributed by atoms with van der Waals surface area (Å²) in [6, 6.07) is 5.77. The minimum Gasteiger partial charge on any atom is -0.399 e. The van der Waals surface area contributed by atoms with Gasteiger partial charge in [0.15, 0.2) is 5.13 Å². The molecule has 0 saturated carbocycles. The van der Waals surface area contributed by atoms with Gasteiger partial charge in [0.1, 0.15) is 0 Å². The van der Waals surface area contributed by atoms with Crippen molar-refractivity contribution in [3.05, 3.63) is 18.2 Å². The molecule has 18 heavy (non-hydrogen) atoms. The summed E-state index contributed by atoms with van der Waals surface area (Å²) in [5, 5.41) is 4.23. The average Bonchev–Trinajstić information content (AvgIpc) is 2.68. The number of ether oxygens (including phenoxy) is 1.